The minimum Gasteiger partial charge on any atom is -0.371 e. The molecule has 1 aliphatic heterocycles. The van der Waals surface area contributed by atoms with Gasteiger partial charge in [-0.1, -0.05) is 0 Å². The Hall–Kier alpha value is -1.67. The maximum Gasteiger partial charge on any atom is 0.235 e. The van der Waals surface area contributed by atoms with Crippen LogP contribution in [-0.2, 0) is 10.3 Å². The van der Waals surface area contributed by atoms with E-state index in [1.165, 1.54) is 18.9 Å². The highest BCUT2D eigenvalue weighted by Crippen LogP contribution is 2.48. The van der Waals surface area contributed by atoms with Crippen LogP contribution in [0.2, 0.25) is 0 Å². The van der Waals surface area contributed by atoms with Gasteiger partial charge in [0.05, 0.1) is 0 Å². The van der Waals surface area contributed by atoms with Crippen LogP contribution in [0.15, 0.2) is 23.2 Å². The minimum absolute atomic E-state index is 0.259. The lowest BCUT2D eigenvalue weighted by molar-refractivity contribution is 0.255. The molecule has 3 nitrogen and oxygen atoms in total. The first-order chi connectivity index (χ1) is 9.25. The van der Waals surface area contributed by atoms with E-state index in [2.05, 4.69) is 9.89 Å². The Labute approximate surface area is 112 Å². The number of aliphatic imine (C=N–C) groups is 1. The molecule has 0 unspecified atom stereocenters. The van der Waals surface area contributed by atoms with Crippen molar-refractivity contribution in [2.24, 2.45) is 4.99 Å². The van der Waals surface area contributed by atoms with Crippen LogP contribution in [0, 0.1) is 5.82 Å². The molecule has 2 aliphatic rings. The third-order valence-electron chi connectivity index (χ3n) is 4.35. The van der Waals surface area contributed by atoms with Gasteiger partial charge in [-0.15, -0.1) is 0 Å². The number of carbonyl (C=O) groups excluding carboxylic acids is 1. The summed E-state index contributed by atoms with van der Waals surface area (Å²) < 4.78 is 13.6. The van der Waals surface area contributed by atoms with Gasteiger partial charge in [0.2, 0.25) is 6.08 Å². The van der Waals surface area contributed by atoms with E-state index in [-0.39, 0.29) is 5.82 Å². The van der Waals surface area contributed by atoms with Crippen LogP contribution >= 0.6 is 0 Å². The summed E-state index contributed by atoms with van der Waals surface area (Å²) in [7, 11) is 0. The van der Waals surface area contributed by atoms with Gasteiger partial charge in [-0.25, -0.2) is 9.18 Å². The number of hydrogen-bond donors (Lipinski definition) is 0. The van der Waals surface area contributed by atoms with E-state index in [1.54, 1.807) is 12.1 Å². The lowest BCUT2D eigenvalue weighted by Crippen LogP contribution is -2.34. The number of isocyanates is 1. The number of rotatable bonds is 3. The molecule has 0 radical (unpaired) electrons. The van der Waals surface area contributed by atoms with Crippen molar-refractivity contribution in [3.63, 3.8) is 0 Å². The van der Waals surface area contributed by atoms with Crippen molar-refractivity contribution in [1.29, 1.82) is 0 Å². The van der Waals surface area contributed by atoms with Gasteiger partial charge < -0.3 is 4.90 Å². The molecule has 0 spiro atoms. The second-order valence-electron chi connectivity index (χ2n) is 5.44. The molecule has 4 heteroatoms. The van der Waals surface area contributed by atoms with Crippen molar-refractivity contribution in [2.45, 2.75) is 37.6 Å². The lowest BCUT2D eigenvalue weighted by atomic mass is 9.71. The Kier molecular flexibility index (Phi) is 3.11. The zero-order valence-corrected chi connectivity index (χ0v) is 10.9. The van der Waals surface area contributed by atoms with Crippen LogP contribution < -0.4 is 4.90 Å². The van der Waals surface area contributed by atoms with E-state index >= 15 is 0 Å². The maximum absolute atomic E-state index is 13.6. The zero-order chi connectivity index (χ0) is 13.3. The van der Waals surface area contributed by atoms with Crippen molar-refractivity contribution in [3.8, 4) is 0 Å². The van der Waals surface area contributed by atoms with Crippen LogP contribution in [0.4, 0.5) is 10.1 Å². The SMILES string of the molecule is O=C=NC1(c2cc(F)ccc2N2CCCC2)CCC1. The van der Waals surface area contributed by atoms with Crippen LogP contribution in [0.25, 0.3) is 0 Å². The molecular weight excluding hydrogens is 243 g/mol. The van der Waals surface area contributed by atoms with Gasteiger partial charge in [0, 0.05) is 24.3 Å². The van der Waals surface area contributed by atoms with Gasteiger partial charge in [-0.2, -0.15) is 4.99 Å². The summed E-state index contributed by atoms with van der Waals surface area (Å²) in [4.78, 5) is 17.0. The normalized spacial score (nSPS) is 20.8. The van der Waals surface area contributed by atoms with Crippen LogP contribution in [-0.4, -0.2) is 19.2 Å². The highest BCUT2D eigenvalue weighted by molar-refractivity contribution is 5.59. The van der Waals surface area contributed by atoms with Crippen molar-refractivity contribution < 1.29 is 9.18 Å². The standard InChI is InChI=1S/C15H17FN2O/c16-12-4-5-14(18-8-1-2-9-18)13(10-12)15(17-11-19)6-3-7-15/h4-5,10H,1-3,6-9H2. The Morgan fingerprint density at radius 3 is 2.53 bits per heavy atom. The van der Waals surface area contributed by atoms with Crippen molar-refractivity contribution in [2.75, 3.05) is 18.0 Å². The van der Waals surface area contributed by atoms with Crippen molar-refractivity contribution >= 4 is 11.8 Å². The summed E-state index contributed by atoms with van der Waals surface area (Å²) in [5.41, 5.74) is 1.38. The monoisotopic (exact) mass is 260 g/mol. The molecule has 19 heavy (non-hydrogen) atoms. The third kappa shape index (κ3) is 2.06. The molecule has 0 bridgehead atoms. The molecule has 3 rings (SSSR count). The van der Waals surface area contributed by atoms with E-state index < -0.39 is 5.54 Å². The van der Waals surface area contributed by atoms with E-state index in [9.17, 15) is 9.18 Å². The number of nitrogens with zero attached hydrogens (tertiary/aromatic N) is 2. The summed E-state index contributed by atoms with van der Waals surface area (Å²) >= 11 is 0. The molecule has 1 saturated heterocycles. The fraction of sp³-hybridized carbons (Fsp3) is 0.533. The molecule has 1 heterocycles. The smallest absolute Gasteiger partial charge is 0.235 e. The lowest BCUT2D eigenvalue weighted by Gasteiger charge is -2.39. The molecule has 1 aliphatic carbocycles. The number of hydrogen-bond acceptors (Lipinski definition) is 3. The fourth-order valence-electron chi connectivity index (χ4n) is 3.16. The largest absolute Gasteiger partial charge is 0.371 e. The summed E-state index contributed by atoms with van der Waals surface area (Å²) in [5.74, 6) is -0.259. The van der Waals surface area contributed by atoms with Gasteiger partial charge in [-0.05, 0) is 50.3 Å². The van der Waals surface area contributed by atoms with Crippen molar-refractivity contribution in [3.05, 3.63) is 29.6 Å². The molecule has 0 N–H and O–H groups in total. The third-order valence-corrected chi connectivity index (χ3v) is 4.35. The van der Waals surface area contributed by atoms with Crippen LogP contribution in [0.1, 0.15) is 37.7 Å². The average Bonchev–Trinajstić information content (AvgIpc) is 2.87. The highest BCUT2D eigenvalue weighted by Gasteiger charge is 2.41. The van der Waals surface area contributed by atoms with Crippen LogP contribution in [0.3, 0.4) is 0 Å². The first-order valence-corrected chi connectivity index (χ1v) is 6.89. The molecule has 0 atom stereocenters. The molecule has 1 aromatic carbocycles. The molecule has 0 aromatic heterocycles. The summed E-state index contributed by atoms with van der Waals surface area (Å²) in [5, 5.41) is 0. The second kappa shape index (κ2) is 4.78. The minimum atomic E-state index is -0.526. The quantitative estimate of drug-likeness (QED) is 0.618. The maximum atomic E-state index is 13.6. The zero-order valence-electron chi connectivity index (χ0n) is 10.9. The summed E-state index contributed by atoms with van der Waals surface area (Å²) in [6.45, 7) is 2.00. The Balaban J connectivity index is 2.07. The predicted molar refractivity (Wildman–Crippen MR) is 71.5 cm³/mol. The number of halogens is 1. The van der Waals surface area contributed by atoms with E-state index in [4.69, 9.17) is 0 Å². The molecule has 0 amide bonds. The average molecular weight is 260 g/mol. The fourth-order valence-corrected chi connectivity index (χ4v) is 3.16. The molecule has 1 aromatic rings. The van der Waals surface area contributed by atoms with Crippen LogP contribution in [0.5, 0.6) is 0 Å². The first kappa shape index (κ1) is 12.4. The van der Waals surface area contributed by atoms with Gasteiger partial charge in [0.1, 0.15) is 11.4 Å². The molecule has 100 valence electrons. The number of anilines is 1. The first-order valence-electron chi connectivity index (χ1n) is 6.89. The molecule has 2 fully saturated rings. The van der Waals surface area contributed by atoms with E-state index in [0.717, 1.165) is 43.6 Å². The van der Waals surface area contributed by atoms with Gasteiger partial charge in [0.15, 0.2) is 0 Å². The second-order valence-corrected chi connectivity index (χ2v) is 5.44. The van der Waals surface area contributed by atoms with Crippen molar-refractivity contribution in [1.82, 2.24) is 0 Å². The molecular formula is C15H17FN2O. The summed E-state index contributed by atoms with van der Waals surface area (Å²) in [6, 6.07) is 4.87. The number of benzene rings is 1. The van der Waals surface area contributed by atoms with Gasteiger partial charge in [0.25, 0.3) is 0 Å². The summed E-state index contributed by atoms with van der Waals surface area (Å²) in [6.07, 6.45) is 6.67. The molecule has 1 saturated carbocycles. The van der Waals surface area contributed by atoms with Gasteiger partial charge >= 0.3 is 0 Å². The Morgan fingerprint density at radius 1 is 1.21 bits per heavy atom. The Bertz CT molecular complexity index is 527. The highest BCUT2D eigenvalue weighted by atomic mass is 19.1. The van der Waals surface area contributed by atoms with E-state index in [1.807, 2.05) is 6.07 Å². The van der Waals surface area contributed by atoms with E-state index in [0.29, 0.717) is 0 Å². The topological polar surface area (TPSA) is 32.7 Å². The van der Waals surface area contributed by atoms with Gasteiger partial charge in [-0.3, -0.25) is 0 Å². The predicted octanol–water partition coefficient (Wildman–Crippen LogP) is 3.14. The Morgan fingerprint density at radius 2 is 1.95 bits per heavy atom.